The van der Waals surface area contributed by atoms with Crippen molar-refractivity contribution in [1.29, 1.82) is 0 Å². The van der Waals surface area contributed by atoms with Crippen molar-refractivity contribution >= 4 is 17.5 Å². The van der Waals surface area contributed by atoms with Gasteiger partial charge in [-0.05, 0) is 24.3 Å². The monoisotopic (exact) mass is 393 g/mol. The van der Waals surface area contributed by atoms with E-state index in [2.05, 4.69) is 25.6 Å². The molecule has 0 unspecified atom stereocenters. The van der Waals surface area contributed by atoms with Gasteiger partial charge in [0.05, 0.1) is 29.2 Å². The Morgan fingerprint density at radius 1 is 1.00 bits per heavy atom. The number of pyridine rings is 1. The van der Waals surface area contributed by atoms with Crippen molar-refractivity contribution in [3.05, 3.63) is 60.0 Å². The summed E-state index contributed by atoms with van der Waals surface area (Å²) in [6.07, 6.45) is -3.22. The van der Waals surface area contributed by atoms with E-state index in [1.54, 1.807) is 18.2 Å². The standard InChI is InChI=1S/C18H15F4N5O/c19-12-5-3-4-11(18(20,21)22)16(12)26-15-10-14(13-6-1-2-7-23-13)25-17(27-15)24-8-9-28/h1-7,10,28H,8-9H2,(H2,24,25,26,27). The minimum Gasteiger partial charge on any atom is -0.395 e. The number of hydrogen-bond acceptors (Lipinski definition) is 6. The molecule has 6 nitrogen and oxygen atoms in total. The van der Waals surface area contributed by atoms with Gasteiger partial charge in [0, 0.05) is 18.8 Å². The smallest absolute Gasteiger partial charge is 0.395 e. The minimum atomic E-state index is -4.75. The SMILES string of the molecule is OCCNc1nc(Nc2c(F)cccc2C(F)(F)F)cc(-c2ccccn2)n1. The maximum atomic E-state index is 14.1. The Labute approximate surface area is 157 Å². The van der Waals surface area contributed by atoms with E-state index < -0.39 is 23.2 Å². The van der Waals surface area contributed by atoms with Gasteiger partial charge < -0.3 is 15.7 Å². The highest BCUT2D eigenvalue weighted by molar-refractivity contribution is 5.67. The van der Waals surface area contributed by atoms with Gasteiger partial charge in [-0.2, -0.15) is 18.2 Å². The van der Waals surface area contributed by atoms with Gasteiger partial charge >= 0.3 is 6.18 Å². The molecule has 2 aromatic heterocycles. The molecular weight excluding hydrogens is 378 g/mol. The number of rotatable bonds is 6. The van der Waals surface area contributed by atoms with Gasteiger partial charge in [-0.25, -0.2) is 9.37 Å². The van der Waals surface area contributed by atoms with Crippen molar-refractivity contribution in [3.8, 4) is 11.4 Å². The Morgan fingerprint density at radius 2 is 1.82 bits per heavy atom. The maximum Gasteiger partial charge on any atom is 0.418 e. The molecule has 10 heteroatoms. The van der Waals surface area contributed by atoms with Gasteiger partial charge in [0.25, 0.3) is 0 Å². The summed E-state index contributed by atoms with van der Waals surface area (Å²) in [6.45, 7) is -0.0793. The number of halogens is 4. The average molecular weight is 393 g/mol. The molecule has 0 spiro atoms. The second-order valence-corrected chi connectivity index (χ2v) is 5.61. The zero-order valence-corrected chi connectivity index (χ0v) is 14.3. The first kappa shape index (κ1) is 19.5. The minimum absolute atomic E-state index is 0.0459. The molecule has 146 valence electrons. The van der Waals surface area contributed by atoms with Gasteiger partial charge in [-0.1, -0.05) is 12.1 Å². The number of aliphatic hydroxyl groups excluding tert-OH is 1. The van der Waals surface area contributed by atoms with E-state index in [1.165, 1.54) is 12.3 Å². The first-order valence-corrected chi connectivity index (χ1v) is 8.16. The van der Waals surface area contributed by atoms with Crippen molar-refractivity contribution in [2.24, 2.45) is 0 Å². The van der Waals surface area contributed by atoms with Crippen LogP contribution in [0.2, 0.25) is 0 Å². The normalized spacial score (nSPS) is 11.3. The van der Waals surface area contributed by atoms with Gasteiger partial charge in [-0.15, -0.1) is 0 Å². The van der Waals surface area contributed by atoms with Crippen LogP contribution in [0.3, 0.4) is 0 Å². The third-order valence-electron chi connectivity index (χ3n) is 3.62. The summed E-state index contributed by atoms with van der Waals surface area (Å²) in [5.41, 5.74) is -1.14. The first-order chi connectivity index (χ1) is 13.4. The number of para-hydroxylation sites is 1. The molecule has 1 aromatic carbocycles. The number of hydrogen-bond donors (Lipinski definition) is 3. The molecule has 3 aromatic rings. The van der Waals surface area contributed by atoms with E-state index in [0.717, 1.165) is 18.2 Å². The molecule has 0 atom stereocenters. The van der Waals surface area contributed by atoms with Crippen LogP contribution in [0.4, 0.5) is 35.0 Å². The molecule has 3 N–H and O–H groups in total. The molecule has 2 heterocycles. The number of nitrogens with one attached hydrogen (secondary N) is 2. The Bertz CT molecular complexity index is 950. The average Bonchev–Trinajstić information content (AvgIpc) is 2.67. The number of aromatic nitrogens is 3. The lowest BCUT2D eigenvalue weighted by Crippen LogP contribution is -2.13. The fourth-order valence-electron chi connectivity index (χ4n) is 2.42. The van der Waals surface area contributed by atoms with E-state index in [4.69, 9.17) is 5.11 Å². The summed E-state index contributed by atoms with van der Waals surface area (Å²) < 4.78 is 53.8. The highest BCUT2D eigenvalue weighted by atomic mass is 19.4. The predicted octanol–water partition coefficient (Wildman–Crippen LogP) is 3.84. The van der Waals surface area contributed by atoms with Crippen molar-refractivity contribution in [3.63, 3.8) is 0 Å². The van der Waals surface area contributed by atoms with E-state index in [0.29, 0.717) is 11.4 Å². The van der Waals surface area contributed by atoms with Crippen LogP contribution in [-0.2, 0) is 6.18 Å². The lowest BCUT2D eigenvalue weighted by atomic mass is 10.1. The Kier molecular flexibility index (Phi) is 5.69. The number of anilines is 3. The zero-order valence-electron chi connectivity index (χ0n) is 14.3. The van der Waals surface area contributed by atoms with E-state index in [9.17, 15) is 17.6 Å². The zero-order chi connectivity index (χ0) is 20.1. The number of aliphatic hydroxyl groups is 1. The largest absolute Gasteiger partial charge is 0.418 e. The summed E-state index contributed by atoms with van der Waals surface area (Å²) in [5.74, 6) is -1.09. The van der Waals surface area contributed by atoms with Crippen molar-refractivity contribution in [1.82, 2.24) is 15.0 Å². The summed E-state index contributed by atoms with van der Waals surface area (Å²) in [4.78, 5) is 12.4. The van der Waals surface area contributed by atoms with Gasteiger partial charge in [-0.3, -0.25) is 4.98 Å². The molecule has 0 bridgehead atoms. The van der Waals surface area contributed by atoms with Crippen LogP contribution in [0.5, 0.6) is 0 Å². The topological polar surface area (TPSA) is 83.0 Å². The second-order valence-electron chi connectivity index (χ2n) is 5.61. The third kappa shape index (κ3) is 4.52. The highest BCUT2D eigenvalue weighted by Crippen LogP contribution is 2.37. The van der Waals surface area contributed by atoms with E-state index in [1.807, 2.05) is 0 Å². The van der Waals surface area contributed by atoms with Gasteiger partial charge in [0.15, 0.2) is 0 Å². The molecule has 0 aliphatic carbocycles. The number of benzene rings is 1. The Morgan fingerprint density at radius 3 is 2.50 bits per heavy atom. The predicted molar refractivity (Wildman–Crippen MR) is 95.5 cm³/mol. The third-order valence-corrected chi connectivity index (χ3v) is 3.62. The van der Waals surface area contributed by atoms with Crippen LogP contribution in [0.25, 0.3) is 11.4 Å². The fourth-order valence-corrected chi connectivity index (χ4v) is 2.42. The highest BCUT2D eigenvalue weighted by Gasteiger charge is 2.35. The van der Waals surface area contributed by atoms with Crippen LogP contribution in [0.1, 0.15) is 5.56 Å². The lowest BCUT2D eigenvalue weighted by Gasteiger charge is -2.16. The summed E-state index contributed by atoms with van der Waals surface area (Å²) >= 11 is 0. The quantitative estimate of drug-likeness (QED) is 0.552. The molecule has 0 amide bonds. The molecular formula is C18H15F4N5O. The van der Waals surface area contributed by atoms with Crippen molar-refractivity contribution in [2.45, 2.75) is 6.18 Å². The summed E-state index contributed by atoms with van der Waals surface area (Å²) in [6, 6.07) is 9.11. The molecule has 28 heavy (non-hydrogen) atoms. The number of nitrogens with zero attached hydrogens (tertiary/aromatic N) is 3. The Hall–Kier alpha value is -3.27. The van der Waals surface area contributed by atoms with Gasteiger partial charge in [0.1, 0.15) is 11.6 Å². The van der Waals surface area contributed by atoms with Crippen LogP contribution < -0.4 is 10.6 Å². The van der Waals surface area contributed by atoms with Crippen LogP contribution >= 0.6 is 0 Å². The molecule has 0 saturated heterocycles. The molecule has 3 rings (SSSR count). The van der Waals surface area contributed by atoms with Crippen LogP contribution in [0.15, 0.2) is 48.7 Å². The molecule has 0 fully saturated rings. The molecule has 0 aliphatic heterocycles. The van der Waals surface area contributed by atoms with Crippen molar-refractivity contribution < 1.29 is 22.7 Å². The first-order valence-electron chi connectivity index (χ1n) is 8.16. The van der Waals surface area contributed by atoms with E-state index >= 15 is 0 Å². The van der Waals surface area contributed by atoms with Gasteiger partial charge in [0.2, 0.25) is 5.95 Å². The summed E-state index contributed by atoms with van der Waals surface area (Å²) in [7, 11) is 0. The van der Waals surface area contributed by atoms with Crippen LogP contribution in [-0.4, -0.2) is 33.2 Å². The molecule has 0 aliphatic rings. The fraction of sp³-hybridized carbons (Fsp3) is 0.167. The van der Waals surface area contributed by atoms with E-state index in [-0.39, 0.29) is 24.9 Å². The maximum absolute atomic E-state index is 14.1. The number of alkyl halides is 3. The van der Waals surface area contributed by atoms with Crippen LogP contribution in [0, 0.1) is 5.82 Å². The van der Waals surface area contributed by atoms with Crippen molar-refractivity contribution in [2.75, 3.05) is 23.8 Å². The molecule has 0 saturated carbocycles. The second kappa shape index (κ2) is 8.17. The molecule has 0 radical (unpaired) electrons. The lowest BCUT2D eigenvalue weighted by molar-refractivity contribution is -0.137. The Balaban J connectivity index is 2.05. The summed E-state index contributed by atoms with van der Waals surface area (Å²) in [5, 5.41) is 14.1.